The van der Waals surface area contributed by atoms with Crippen molar-refractivity contribution in [2.45, 2.75) is 31.8 Å². The zero-order valence-electron chi connectivity index (χ0n) is 12.6. The Bertz CT molecular complexity index is 551. The van der Waals surface area contributed by atoms with Gasteiger partial charge in [-0.1, -0.05) is 36.6 Å². The third-order valence-corrected chi connectivity index (χ3v) is 5.41. The van der Waals surface area contributed by atoms with Gasteiger partial charge in [0.25, 0.3) is 0 Å². The summed E-state index contributed by atoms with van der Waals surface area (Å²) in [6.07, 6.45) is 3.67. The molecule has 0 bridgehead atoms. The Balaban J connectivity index is 1.62. The molecule has 3 N–H and O–H groups in total. The summed E-state index contributed by atoms with van der Waals surface area (Å²) in [6.45, 7) is 1.93. The van der Waals surface area contributed by atoms with Crippen molar-refractivity contribution in [2.24, 2.45) is 11.3 Å². The van der Waals surface area contributed by atoms with Crippen molar-refractivity contribution in [1.82, 2.24) is 10.6 Å². The highest BCUT2D eigenvalue weighted by atomic mass is 35.5. The highest BCUT2D eigenvalue weighted by molar-refractivity contribution is 6.30. The number of hydrogen-bond donors (Lipinski definition) is 3. The van der Waals surface area contributed by atoms with Gasteiger partial charge in [0.2, 0.25) is 5.91 Å². The Morgan fingerprint density at radius 3 is 3.18 bits per heavy atom. The molecule has 1 unspecified atom stereocenters. The average Bonchev–Trinajstić information content (AvgIpc) is 2.97. The highest BCUT2D eigenvalue weighted by Crippen LogP contribution is 2.43. The van der Waals surface area contributed by atoms with E-state index in [4.69, 9.17) is 11.6 Å². The van der Waals surface area contributed by atoms with Crippen molar-refractivity contribution in [3.8, 4) is 0 Å². The number of amides is 1. The van der Waals surface area contributed by atoms with Crippen molar-refractivity contribution in [1.29, 1.82) is 0 Å². The zero-order valence-corrected chi connectivity index (χ0v) is 13.4. The van der Waals surface area contributed by atoms with Crippen LogP contribution in [0.5, 0.6) is 0 Å². The smallest absolute Gasteiger partial charge is 0.227 e. The Morgan fingerprint density at radius 1 is 1.50 bits per heavy atom. The number of benzene rings is 1. The molecule has 1 saturated heterocycles. The molecule has 120 valence electrons. The number of rotatable bonds is 4. The number of halogens is 1. The molecule has 0 aromatic heterocycles. The fourth-order valence-corrected chi connectivity index (χ4v) is 4.09. The number of aliphatic hydroxyl groups excluding tert-OH is 1. The standard InChI is InChI=1S/C17H23ClN2O2/c18-14-6-3-4-12(8-14)15(21)10-20-16(22)17-7-2-1-5-13(17)9-19-11-17/h3-4,6,8,13,15,19,21H,1-2,5,7,9-11H2,(H,20,22)/t13-,15?,17+/m0/s1. The Hall–Kier alpha value is -1.10. The minimum Gasteiger partial charge on any atom is -0.387 e. The number of nitrogens with one attached hydrogen (secondary N) is 2. The molecular formula is C17H23ClN2O2. The highest BCUT2D eigenvalue weighted by Gasteiger charge is 2.49. The summed E-state index contributed by atoms with van der Waals surface area (Å²) in [5.41, 5.74) is 0.460. The molecule has 1 saturated carbocycles. The van der Waals surface area contributed by atoms with Crippen LogP contribution in [-0.2, 0) is 4.79 Å². The van der Waals surface area contributed by atoms with Crippen LogP contribution in [0, 0.1) is 11.3 Å². The van der Waals surface area contributed by atoms with Crippen LogP contribution in [0.2, 0.25) is 5.02 Å². The van der Waals surface area contributed by atoms with Crippen molar-refractivity contribution < 1.29 is 9.90 Å². The molecule has 1 amide bonds. The Labute approximate surface area is 136 Å². The van der Waals surface area contributed by atoms with Gasteiger partial charge in [-0.25, -0.2) is 0 Å². The van der Waals surface area contributed by atoms with E-state index < -0.39 is 6.10 Å². The third-order valence-electron chi connectivity index (χ3n) is 5.18. The van der Waals surface area contributed by atoms with E-state index in [-0.39, 0.29) is 17.9 Å². The van der Waals surface area contributed by atoms with E-state index in [1.807, 2.05) is 6.07 Å². The molecule has 2 aliphatic rings. The van der Waals surface area contributed by atoms with Gasteiger partial charge >= 0.3 is 0 Å². The number of carbonyl (C=O) groups is 1. The molecule has 5 heteroatoms. The van der Waals surface area contributed by atoms with Gasteiger partial charge in [-0.2, -0.15) is 0 Å². The summed E-state index contributed by atoms with van der Waals surface area (Å²) in [7, 11) is 0. The number of carbonyl (C=O) groups excluding carboxylic acids is 1. The lowest BCUT2D eigenvalue weighted by atomic mass is 9.67. The minimum atomic E-state index is -0.726. The Morgan fingerprint density at radius 2 is 2.36 bits per heavy atom. The quantitative estimate of drug-likeness (QED) is 0.797. The third kappa shape index (κ3) is 3.00. The fourth-order valence-electron chi connectivity index (χ4n) is 3.89. The fraction of sp³-hybridized carbons (Fsp3) is 0.588. The van der Waals surface area contributed by atoms with E-state index in [1.165, 1.54) is 6.42 Å². The van der Waals surface area contributed by atoms with E-state index in [9.17, 15) is 9.90 Å². The SMILES string of the molecule is O=C(NCC(O)c1cccc(Cl)c1)[C@@]12CCCC[C@H]1CNC2. The van der Waals surface area contributed by atoms with Gasteiger partial charge in [-0.15, -0.1) is 0 Å². The lowest BCUT2D eigenvalue weighted by Gasteiger charge is -2.37. The van der Waals surface area contributed by atoms with E-state index in [2.05, 4.69) is 10.6 Å². The summed E-state index contributed by atoms with van der Waals surface area (Å²) in [6, 6.07) is 7.13. The zero-order chi connectivity index (χ0) is 15.6. The molecule has 1 aromatic carbocycles. The van der Waals surface area contributed by atoms with Crippen LogP contribution in [0.3, 0.4) is 0 Å². The molecule has 22 heavy (non-hydrogen) atoms. The molecule has 1 aromatic rings. The average molecular weight is 323 g/mol. The second kappa shape index (κ2) is 6.57. The van der Waals surface area contributed by atoms with Crippen LogP contribution in [-0.4, -0.2) is 30.6 Å². The van der Waals surface area contributed by atoms with Gasteiger partial charge < -0.3 is 15.7 Å². The predicted octanol–water partition coefficient (Wildman–Crippen LogP) is 2.27. The van der Waals surface area contributed by atoms with Crippen LogP contribution in [0.4, 0.5) is 0 Å². The van der Waals surface area contributed by atoms with Gasteiger partial charge in [0.1, 0.15) is 0 Å². The van der Waals surface area contributed by atoms with Crippen molar-refractivity contribution in [3.63, 3.8) is 0 Å². The second-order valence-electron chi connectivity index (χ2n) is 6.51. The predicted molar refractivity (Wildman–Crippen MR) is 86.7 cm³/mol. The van der Waals surface area contributed by atoms with Crippen LogP contribution < -0.4 is 10.6 Å². The van der Waals surface area contributed by atoms with Crippen LogP contribution in [0.15, 0.2) is 24.3 Å². The maximum Gasteiger partial charge on any atom is 0.227 e. The number of hydrogen-bond acceptors (Lipinski definition) is 3. The summed E-state index contributed by atoms with van der Waals surface area (Å²) >= 11 is 5.94. The van der Waals surface area contributed by atoms with Gasteiger partial charge in [0.05, 0.1) is 11.5 Å². The molecule has 3 rings (SSSR count). The summed E-state index contributed by atoms with van der Waals surface area (Å²) in [5.74, 6) is 0.521. The summed E-state index contributed by atoms with van der Waals surface area (Å²) in [4.78, 5) is 12.7. The first-order valence-electron chi connectivity index (χ1n) is 8.04. The van der Waals surface area contributed by atoms with E-state index in [1.54, 1.807) is 18.2 Å². The molecule has 0 radical (unpaired) electrons. The van der Waals surface area contributed by atoms with E-state index >= 15 is 0 Å². The molecule has 1 aliphatic carbocycles. The maximum atomic E-state index is 12.7. The second-order valence-corrected chi connectivity index (χ2v) is 6.95. The minimum absolute atomic E-state index is 0.0864. The Kier molecular flexibility index (Phi) is 4.71. The molecule has 1 heterocycles. The van der Waals surface area contributed by atoms with Crippen LogP contribution in [0.25, 0.3) is 0 Å². The first kappa shape index (κ1) is 15.8. The van der Waals surface area contributed by atoms with Crippen LogP contribution in [0.1, 0.15) is 37.4 Å². The molecule has 3 atom stereocenters. The van der Waals surface area contributed by atoms with Gasteiger partial charge in [0.15, 0.2) is 0 Å². The van der Waals surface area contributed by atoms with Crippen molar-refractivity contribution in [2.75, 3.05) is 19.6 Å². The van der Waals surface area contributed by atoms with Crippen LogP contribution >= 0.6 is 11.6 Å². The monoisotopic (exact) mass is 322 g/mol. The maximum absolute atomic E-state index is 12.7. The summed E-state index contributed by atoms with van der Waals surface area (Å²) in [5, 5.41) is 17.2. The van der Waals surface area contributed by atoms with E-state index in [0.717, 1.165) is 37.9 Å². The van der Waals surface area contributed by atoms with Crippen molar-refractivity contribution in [3.05, 3.63) is 34.9 Å². The lowest BCUT2D eigenvalue weighted by Crippen LogP contribution is -2.48. The normalized spacial score (nSPS) is 28.9. The first-order chi connectivity index (χ1) is 10.6. The number of fused-ring (bicyclic) bond motifs is 1. The number of aliphatic hydroxyl groups is 1. The topological polar surface area (TPSA) is 61.4 Å². The van der Waals surface area contributed by atoms with Gasteiger partial charge in [-0.05, 0) is 43.0 Å². The lowest BCUT2D eigenvalue weighted by molar-refractivity contribution is -0.134. The molecule has 4 nitrogen and oxygen atoms in total. The molecule has 1 aliphatic heterocycles. The van der Waals surface area contributed by atoms with Crippen molar-refractivity contribution >= 4 is 17.5 Å². The van der Waals surface area contributed by atoms with Gasteiger partial charge in [-0.3, -0.25) is 4.79 Å². The van der Waals surface area contributed by atoms with Gasteiger partial charge in [0, 0.05) is 18.1 Å². The molecular weight excluding hydrogens is 300 g/mol. The first-order valence-corrected chi connectivity index (χ1v) is 8.42. The van der Waals surface area contributed by atoms with E-state index in [0.29, 0.717) is 10.9 Å². The summed E-state index contributed by atoms with van der Waals surface area (Å²) < 4.78 is 0. The molecule has 2 fully saturated rings. The molecule has 0 spiro atoms. The largest absolute Gasteiger partial charge is 0.387 e.